The minimum absolute atomic E-state index is 0.0286. The largest absolute Gasteiger partial charge is 0.341 e. The van der Waals surface area contributed by atoms with Gasteiger partial charge in [0.05, 0.1) is 6.54 Å². The van der Waals surface area contributed by atoms with Gasteiger partial charge in [-0.05, 0) is 61.1 Å². The van der Waals surface area contributed by atoms with Gasteiger partial charge < -0.3 is 14.4 Å². The maximum absolute atomic E-state index is 13.7. The van der Waals surface area contributed by atoms with Gasteiger partial charge in [-0.3, -0.25) is 4.79 Å². The molecule has 0 aliphatic carbocycles. The topological polar surface area (TPSA) is 28.5 Å². The first-order valence-electron chi connectivity index (χ1n) is 11.0. The molecule has 0 N–H and O–H groups in total. The molecule has 0 bridgehead atoms. The number of amides is 1. The molecule has 5 rings (SSSR count). The molecule has 4 heteroatoms. The summed E-state index contributed by atoms with van der Waals surface area (Å²) in [7, 11) is 4.17. The van der Waals surface area contributed by atoms with Crippen LogP contribution in [0.1, 0.15) is 27.3 Å². The lowest BCUT2D eigenvalue weighted by atomic mass is 10.0. The lowest BCUT2D eigenvalue weighted by Crippen LogP contribution is -2.30. The fraction of sp³-hybridized carbons (Fsp3) is 0.179. The van der Waals surface area contributed by atoms with Crippen LogP contribution in [-0.4, -0.2) is 29.5 Å². The third-order valence-corrected chi connectivity index (χ3v) is 6.05. The van der Waals surface area contributed by atoms with E-state index in [-0.39, 0.29) is 5.91 Å². The third-order valence-electron chi connectivity index (χ3n) is 6.05. The smallest absolute Gasteiger partial charge is 0.258 e. The maximum atomic E-state index is 13.7. The first-order chi connectivity index (χ1) is 15.6. The van der Waals surface area contributed by atoms with Crippen molar-refractivity contribution < 1.29 is 4.79 Å². The average Bonchev–Trinajstić information content (AvgIpc) is 3.09. The summed E-state index contributed by atoms with van der Waals surface area (Å²) in [6.45, 7) is 2.21. The predicted molar refractivity (Wildman–Crippen MR) is 130 cm³/mol. The fourth-order valence-electron chi connectivity index (χ4n) is 4.46. The van der Waals surface area contributed by atoms with E-state index in [9.17, 15) is 4.79 Å². The Balaban J connectivity index is 1.50. The number of benzene rings is 3. The number of fused-ring (bicyclic) bond motifs is 2. The quantitative estimate of drug-likeness (QED) is 0.440. The molecular formula is C28H27N3O. The summed E-state index contributed by atoms with van der Waals surface area (Å²) in [5, 5.41) is 0. The Bertz CT molecular complexity index is 1240. The molecule has 0 radical (unpaired) electrons. The highest BCUT2D eigenvalue weighted by atomic mass is 16.2. The van der Waals surface area contributed by atoms with Crippen molar-refractivity contribution in [1.82, 2.24) is 9.47 Å². The van der Waals surface area contributed by atoms with Gasteiger partial charge in [0.15, 0.2) is 0 Å². The summed E-state index contributed by atoms with van der Waals surface area (Å²) >= 11 is 0. The highest BCUT2D eigenvalue weighted by Gasteiger charge is 2.26. The fourth-order valence-corrected chi connectivity index (χ4v) is 4.46. The standard InChI is InChI=1S/C28H27N3O/c1-29(2)19-25-16-17-26-20-31(27-11-7-6-10-24(27)18-30(25)26)28(32)23-14-12-22(13-15-23)21-8-4-3-5-9-21/h3-17H,18-20H2,1-2H3. The zero-order valence-electron chi connectivity index (χ0n) is 18.5. The van der Waals surface area contributed by atoms with Crippen LogP contribution >= 0.6 is 0 Å². The molecule has 1 aliphatic heterocycles. The van der Waals surface area contributed by atoms with E-state index in [1.54, 1.807) is 0 Å². The van der Waals surface area contributed by atoms with Crippen molar-refractivity contribution in [2.75, 3.05) is 19.0 Å². The predicted octanol–water partition coefficient (Wildman–Crippen LogP) is 5.43. The molecule has 0 fully saturated rings. The van der Waals surface area contributed by atoms with E-state index in [4.69, 9.17) is 0 Å². The van der Waals surface area contributed by atoms with E-state index >= 15 is 0 Å². The maximum Gasteiger partial charge on any atom is 0.258 e. The van der Waals surface area contributed by atoms with E-state index in [0.29, 0.717) is 12.1 Å². The number of nitrogens with zero attached hydrogens (tertiary/aromatic N) is 3. The Labute approximate surface area is 189 Å². The molecule has 32 heavy (non-hydrogen) atoms. The molecule has 2 heterocycles. The Morgan fingerprint density at radius 2 is 1.47 bits per heavy atom. The molecule has 0 unspecified atom stereocenters. The van der Waals surface area contributed by atoms with Gasteiger partial charge in [0.1, 0.15) is 0 Å². The molecule has 3 aromatic carbocycles. The SMILES string of the molecule is CN(C)Cc1ccc2n1Cc1ccccc1N(C(=O)c1ccc(-c3ccccc3)cc1)C2. The highest BCUT2D eigenvalue weighted by molar-refractivity contribution is 6.06. The van der Waals surface area contributed by atoms with Crippen molar-refractivity contribution in [1.29, 1.82) is 0 Å². The molecule has 0 saturated heterocycles. The summed E-state index contributed by atoms with van der Waals surface area (Å²) in [6, 6.07) is 30.8. The Hall–Kier alpha value is -3.63. The summed E-state index contributed by atoms with van der Waals surface area (Å²) in [5.74, 6) is 0.0286. The second-order valence-electron chi connectivity index (χ2n) is 8.60. The van der Waals surface area contributed by atoms with Crippen molar-refractivity contribution >= 4 is 11.6 Å². The molecule has 0 spiro atoms. The zero-order chi connectivity index (χ0) is 22.1. The third kappa shape index (κ3) is 3.85. The molecule has 4 nitrogen and oxygen atoms in total. The number of rotatable bonds is 4. The van der Waals surface area contributed by atoms with Crippen molar-refractivity contribution in [3.63, 3.8) is 0 Å². The molecule has 160 valence electrons. The molecule has 1 aromatic heterocycles. The lowest BCUT2D eigenvalue weighted by Gasteiger charge is -2.23. The number of anilines is 1. The normalized spacial score (nSPS) is 12.9. The molecule has 1 aliphatic rings. The van der Waals surface area contributed by atoms with Gasteiger partial charge in [-0.15, -0.1) is 0 Å². The number of carbonyl (C=O) groups is 1. The zero-order valence-corrected chi connectivity index (χ0v) is 18.5. The van der Waals surface area contributed by atoms with Crippen LogP contribution in [-0.2, 0) is 19.6 Å². The Morgan fingerprint density at radius 3 is 2.22 bits per heavy atom. The van der Waals surface area contributed by atoms with Crippen LogP contribution in [0.15, 0.2) is 91.0 Å². The van der Waals surface area contributed by atoms with E-state index in [1.165, 1.54) is 5.69 Å². The van der Waals surface area contributed by atoms with Crippen LogP contribution in [0.3, 0.4) is 0 Å². The van der Waals surface area contributed by atoms with Crippen LogP contribution in [0, 0.1) is 0 Å². The molecule has 1 amide bonds. The van der Waals surface area contributed by atoms with Crippen LogP contribution < -0.4 is 4.90 Å². The number of hydrogen-bond donors (Lipinski definition) is 0. The van der Waals surface area contributed by atoms with Crippen molar-refractivity contribution in [2.45, 2.75) is 19.6 Å². The Morgan fingerprint density at radius 1 is 0.781 bits per heavy atom. The van der Waals surface area contributed by atoms with Gasteiger partial charge in [-0.2, -0.15) is 0 Å². The van der Waals surface area contributed by atoms with Crippen molar-refractivity contribution in [3.8, 4) is 11.1 Å². The van der Waals surface area contributed by atoms with Gasteiger partial charge in [0.2, 0.25) is 0 Å². The summed E-state index contributed by atoms with van der Waals surface area (Å²) in [6.07, 6.45) is 0. The second kappa shape index (κ2) is 8.48. The number of carbonyl (C=O) groups excluding carboxylic acids is 1. The minimum Gasteiger partial charge on any atom is -0.341 e. The number of hydrogen-bond acceptors (Lipinski definition) is 2. The molecule has 4 aromatic rings. The molecular weight excluding hydrogens is 394 g/mol. The van der Waals surface area contributed by atoms with Crippen molar-refractivity contribution in [2.24, 2.45) is 0 Å². The summed E-state index contributed by atoms with van der Waals surface area (Å²) in [4.78, 5) is 17.8. The second-order valence-corrected chi connectivity index (χ2v) is 8.60. The van der Waals surface area contributed by atoms with Gasteiger partial charge in [0.25, 0.3) is 5.91 Å². The lowest BCUT2D eigenvalue weighted by molar-refractivity contribution is 0.0985. The summed E-state index contributed by atoms with van der Waals surface area (Å²) in [5.41, 5.74) is 7.54. The number of aromatic nitrogens is 1. The monoisotopic (exact) mass is 421 g/mol. The number of para-hydroxylation sites is 1. The van der Waals surface area contributed by atoms with E-state index in [0.717, 1.165) is 41.2 Å². The van der Waals surface area contributed by atoms with Crippen molar-refractivity contribution in [3.05, 3.63) is 114 Å². The van der Waals surface area contributed by atoms with Crippen LogP contribution in [0.25, 0.3) is 11.1 Å². The average molecular weight is 422 g/mol. The van der Waals surface area contributed by atoms with Gasteiger partial charge in [-0.1, -0.05) is 60.7 Å². The first-order valence-corrected chi connectivity index (χ1v) is 11.0. The van der Waals surface area contributed by atoms with Crippen LogP contribution in [0.4, 0.5) is 5.69 Å². The Kier molecular flexibility index (Phi) is 5.38. The van der Waals surface area contributed by atoms with Gasteiger partial charge in [-0.25, -0.2) is 0 Å². The van der Waals surface area contributed by atoms with Gasteiger partial charge >= 0.3 is 0 Å². The van der Waals surface area contributed by atoms with E-state index in [2.05, 4.69) is 66.0 Å². The van der Waals surface area contributed by atoms with Crippen LogP contribution in [0.5, 0.6) is 0 Å². The molecule has 0 atom stereocenters. The van der Waals surface area contributed by atoms with Gasteiger partial charge in [0, 0.05) is 35.7 Å². The summed E-state index contributed by atoms with van der Waals surface area (Å²) < 4.78 is 2.35. The minimum atomic E-state index is 0.0286. The van der Waals surface area contributed by atoms with E-state index in [1.807, 2.05) is 53.4 Å². The first kappa shape index (κ1) is 20.3. The van der Waals surface area contributed by atoms with Crippen LogP contribution in [0.2, 0.25) is 0 Å². The molecule has 0 saturated carbocycles. The highest BCUT2D eigenvalue weighted by Crippen LogP contribution is 2.31. The van der Waals surface area contributed by atoms with E-state index < -0.39 is 0 Å².